The van der Waals surface area contributed by atoms with Crippen molar-refractivity contribution in [1.82, 2.24) is 10.6 Å². The van der Waals surface area contributed by atoms with Crippen LogP contribution in [0, 0.1) is 5.92 Å². The number of aliphatic imine (C=N–C) groups is 1. The zero-order chi connectivity index (χ0) is 10.7. The van der Waals surface area contributed by atoms with E-state index in [9.17, 15) is 9.59 Å². The Morgan fingerprint density at radius 2 is 1.79 bits per heavy atom. The second-order valence-electron chi connectivity index (χ2n) is 3.38. The van der Waals surface area contributed by atoms with Crippen LogP contribution >= 0.6 is 0 Å². The van der Waals surface area contributed by atoms with Crippen molar-refractivity contribution in [2.24, 2.45) is 10.9 Å². The van der Waals surface area contributed by atoms with E-state index in [-0.39, 0.29) is 24.5 Å². The van der Waals surface area contributed by atoms with Crippen LogP contribution in [0.1, 0.15) is 13.8 Å². The molecule has 0 bridgehead atoms. The summed E-state index contributed by atoms with van der Waals surface area (Å²) < 4.78 is 0. The normalized spacial score (nSPS) is 18.1. The van der Waals surface area contributed by atoms with Crippen molar-refractivity contribution in [2.75, 3.05) is 6.61 Å². The minimum absolute atomic E-state index is 0.118. The van der Waals surface area contributed by atoms with Crippen LogP contribution in [0.3, 0.4) is 0 Å². The molecule has 2 amide bonds. The molecule has 78 valence electrons. The molecule has 3 N–H and O–H groups in total. The maximum Gasteiger partial charge on any atom is 0.316 e. The Labute approximate surface area is 81.4 Å². The van der Waals surface area contributed by atoms with Gasteiger partial charge in [0.1, 0.15) is 0 Å². The van der Waals surface area contributed by atoms with Crippen molar-refractivity contribution in [2.45, 2.75) is 19.9 Å². The van der Waals surface area contributed by atoms with Gasteiger partial charge in [-0.15, -0.1) is 0 Å². The molecule has 1 heterocycles. The van der Waals surface area contributed by atoms with Gasteiger partial charge in [0.2, 0.25) is 5.96 Å². The number of guanidine groups is 1. The number of aliphatic hydroxyl groups excluding tert-OH is 1. The molecule has 1 unspecified atom stereocenters. The van der Waals surface area contributed by atoms with E-state index in [1.54, 1.807) is 0 Å². The summed E-state index contributed by atoms with van der Waals surface area (Å²) >= 11 is 0. The first-order valence-electron chi connectivity index (χ1n) is 4.35. The number of amides is 2. The van der Waals surface area contributed by atoms with Crippen LogP contribution in [0.25, 0.3) is 0 Å². The van der Waals surface area contributed by atoms with Gasteiger partial charge < -0.3 is 5.11 Å². The quantitative estimate of drug-likeness (QED) is 0.488. The number of nitrogens with zero attached hydrogens (tertiary/aromatic N) is 1. The molecule has 0 radical (unpaired) electrons. The molecule has 0 aromatic heterocycles. The van der Waals surface area contributed by atoms with E-state index in [1.807, 2.05) is 13.8 Å². The van der Waals surface area contributed by atoms with Gasteiger partial charge in [0.25, 0.3) is 0 Å². The molecule has 0 saturated carbocycles. The number of rotatable bonds is 3. The Bertz CT molecular complexity index is 268. The molecule has 6 heteroatoms. The van der Waals surface area contributed by atoms with Crippen molar-refractivity contribution in [3.63, 3.8) is 0 Å². The Kier molecular flexibility index (Phi) is 3.19. The van der Waals surface area contributed by atoms with E-state index >= 15 is 0 Å². The highest BCUT2D eigenvalue weighted by Gasteiger charge is 2.26. The minimum atomic E-state index is -0.718. The monoisotopic (exact) mass is 199 g/mol. The third-order valence-corrected chi connectivity index (χ3v) is 1.92. The van der Waals surface area contributed by atoms with Crippen molar-refractivity contribution in [3.8, 4) is 0 Å². The smallest absolute Gasteiger partial charge is 0.316 e. The lowest BCUT2D eigenvalue weighted by Gasteiger charge is -2.13. The van der Waals surface area contributed by atoms with Crippen molar-refractivity contribution < 1.29 is 14.7 Å². The molecule has 1 aliphatic rings. The maximum atomic E-state index is 10.8. The van der Waals surface area contributed by atoms with Crippen molar-refractivity contribution in [1.29, 1.82) is 0 Å². The van der Waals surface area contributed by atoms with Crippen LogP contribution in [-0.4, -0.2) is 35.5 Å². The topological polar surface area (TPSA) is 90.8 Å². The van der Waals surface area contributed by atoms with Crippen LogP contribution in [0.15, 0.2) is 4.99 Å². The minimum Gasteiger partial charge on any atom is -0.394 e. The summed E-state index contributed by atoms with van der Waals surface area (Å²) in [6, 6.07) is -0.316. The summed E-state index contributed by atoms with van der Waals surface area (Å²) in [7, 11) is 0. The molecule has 1 rings (SSSR count). The average molecular weight is 199 g/mol. The van der Waals surface area contributed by atoms with Crippen LogP contribution in [0.4, 0.5) is 0 Å². The number of nitrogens with one attached hydrogen (secondary N) is 2. The van der Waals surface area contributed by atoms with Gasteiger partial charge in [0.15, 0.2) is 0 Å². The molecule has 6 nitrogen and oxygen atoms in total. The highest BCUT2D eigenvalue weighted by Crippen LogP contribution is 2.05. The first kappa shape index (κ1) is 10.6. The Morgan fingerprint density at radius 1 is 1.29 bits per heavy atom. The second kappa shape index (κ2) is 4.19. The Balaban J connectivity index is 2.69. The Morgan fingerprint density at radius 3 is 2.14 bits per heavy atom. The van der Waals surface area contributed by atoms with E-state index in [4.69, 9.17) is 5.11 Å². The zero-order valence-electron chi connectivity index (χ0n) is 8.07. The lowest BCUT2D eigenvalue weighted by atomic mass is 10.1. The average Bonchev–Trinajstić information content (AvgIpc) is 2.41. The molecule has 0 aliphatic carbocycles. The van der Waals surface area contributed by atoms with Crippen LogP contribution in [-0.2, 0) is 9.59 Å². The molecular formula is C8H13N3O3. The maximum absolute atomic E-state index is 10.8. The summed E-state index contributed by atoms with van der Waals surface area (Å²) in [5.41, 5.74) is 0. The highest BCUT2D eigenvalue weighted by molar-refractivity contribution is 6.45. The van der Waals surface area contributed by atoms with Gasteiger partial charge in [0.05, 0.1) is 12.6 Å². The molecule has 1 fully saturated rings. The van der Waals surface area contributed by atoms with Crippen molar-refractivity contribution >= 4 is 17.8 Å². The van der Waals surface area contributed by atoms with Gasteiger partial charge in [-0.25, -0.2) is 4.99 Å². The fourth-order valence-electron chi connectivity index (χ4n) is 0.991. The van der Waals surface area contributed by atoms with Gasteiger partial charge in [-0.2, -0.15) is 0 Å². The molecule has 1 aliphatic heterocycles. The first-order chi connectivity index (χ1) is 6.54. The summed E-state index contributed by atoms with van der Waals surface area (Å²) in [5.74, 6) is -1.18. The molecule has 0 aromatic rings. The summed E-state index contributed by atoms with van der Waals surface area (Å²) in [6.07, 6.45) is 0. The van der Waals surface area contributed by atoms with Crippen LogP contribution in [0.2, 0.25) is 0 Å². The second-order valence-corrected chi connectivity index (χ2v) is 3.38. The van der Waals surface area contributed by atoms with E-state index < -0.39 is 11.8 Å². The third kappa shape index (κ3) is 2.29. The SMILES string of the molecule is CC(C)C(CO)N=C1NC(=O)C(=O)N1. The van der Waals surface area contributed by atoms with E-state index in [1.165, 1.54) is 0 Å². The summed E-state index contributed by atoms with van der Waals surface area (Å²) in [5, 5.41) is 13.5. The van der Waals surface area contributed by atoms with Crippen LogP contribution in [0.5, 0.6) is 0 Å². The zero-order valence-corrected chi connectivity index (χ0v) is 8.07. The van der Waals surface area contributed by atoms with Gasteiger partial charge in [-0.1, -0.05) is 13.8 Å². The number of hydrogen-bond donors (Lipinski definition) is 3. The summed E-state index contributed by atoms with van der Waals surface area (Å²) in [4.78, 5) is 25.5. The van der Waals surface area contributed by atoms with E-state index in [0.717, 1.165) is 0 Å². The largest absolute Gasteiger partial charge is 0.394 e. The van der Waals surface area contributed by atoms with E-state index in [0.29, 0.717) is 0 Å². The van der Waals surface area contributed by atoms with E-state index in [2.05, 4.69) is 15.6 Å². The number of carbonyl (C=O) groups is 2. The molecule has 0 aromatic carbocycles. The lowest BCUT2D eigenvalue weighted by Crippen LogP contribution is -2.30. The van der Waals surface area contributed by atoms with Gasteiger partial charge in [-0.05, 0) is 5.92 Å². The first-order valence-corrected chi connectivity index (χ1v) is 4.35. The number of aliphatic hydroxyl groups is 1. The number of hydrogen-bond acceptors (Lipinski definition) is 4. The predicted molar refractivity (Wildman–Crippen MR) is 49.4 cm³/mol. The Hall–Kier alpha value is -1.43. The lowest BCUT2D eigenvalue weighted by molar-refractivity contribution is -0.135. The molecule has 1 atom stereocenters. The number of carbonyl (C=O) groups excluding carboxylic acids is 2. The molecule has 14 heavy (non-hydrogen) atoms. The fraction of sp³-hybridized carbons (Fsp3) is 0.625. The standard InChI is InChI=1S/C8H13N3O3/c1-4(2)5(3-12)9-8-10-6(13)7(14)11-8/h4-5,12H,3H2,1-2H3,(H2,9,10,11,13,14). The van der Waals surface area contributed by atoms with Gasteiger partial charge in [0, 0.05) is 0 Å². The van der Waals surface area contributed by atoms with Gasteiger partial charge >= 0.3 is 11.8 Å². The molecule has 1 saturated heterocycles. The summed E-state index contributed by atoms with van der Waals surface area (Å²) in [6.45, 7) is 3.67. The molecule has 0 spiro atoms. The predicted octanol–water partition coefficient (Wildman–Crippen LogP) is -1.39. The fourth-order valence-corrected chi connectivity index (χ4v) is 0.991. The van der Waals surface area contributed by atoms with Crippen molar-refractivity contribution in [3.05, 3.63) is 0 Å². The van der Waals surface area contributed by atoms with Crippen LogP contribution < -0.4 is 10.6 Å². The van der Waals surface area contributed by atoms with Gasteiger partial charge in [-0.3, -0.25) is 20.2 Å². The third-order valence-electron chi connectivity index (χ3n) is 1.92. The molecular weight excluding hydrogens is 186 g/mol. The highest BCUT2D eigenvalue weighted by atomic mass is 16.3.